The van der Waals surface area contributed by atoms with Crippen LogP contribution in [-0.2, 0) is 10.4 Å². The number of aliphatic hydroxyl groups is 1. The quantitative estimate of drug-likeness (QED) is 0.882. The van der Waals surface area contributed by atoms with Gasteiger partial charge in [0.2, 0.25) is 0 Å². The number of fused-ring (bicyclic) bond motifs is 1. The second-order valence-corrected chi connectivity index (χ2v) is 4.44. The molecule has 2 N–H and O–H groups in total. The lowest BCUT2D eigenvalue weighted by Crippen LogP contribution is -2.35. The predicted molar refractivity (Wildman–Crippen MR) is 93.8 cm³/mol. The number of hydrogen-bond donors (Lipinski definition) is 2. The molecule has 0 spiro atoms. The highest BCUT2D eigenvalue weighted by molar-refractivity contribution is 6.07. The van der Waals surface area contributed by atoms with Gasteiger partial charge in [0, 0.05) is 11.3 Å². The van der Waals surface area contributed by atoms with E-state index in [0.717, 1.165) is 0 Å². The molecule has 124 valence electrons. The molecule has 1 atom stereocenters. The van der Waals surface area contributed by atoms with Crippen molar-refractivity contribution >= 4 is 11.6 Å². The Labute approximate surface area is 138 Å². The van der Waals surface area contributed by atoms with Crippen molar-refractivity contribution < 1.29 is 14.6 Å². The molecule has 1 amide bonds. The average Bonchev–Trinajstić information content (AvgIpc) is 2.90. The van der Waals surface area contributed by atoms with Crippen LogP contribution in [0.25, 0.3) is 0 Å². The van der Waals surface area contributed by atoms with E-state index in [4.69, 9.17) is 4.74 Å². The zero-order valence-corrected chi connectivity index (χ0v) is 14.4. The highest BCUT2D eigenvalue weighted by Crippen LogP contribution is 2.42. The van der Waals surface area contributed by atoms with E-state index in [9.17, 15) is 9.90 Å². The smallest absolute Gasteiger partial charge is 0.265 e. The first-order valence-corrected chi connectivity index (χ1v) is 7.94. The van der Waals surface area contributed by atoms with Gasteiger partial charge >= 0.3 is 0 Å². The number of nitrogens with one attached hydrogen (secondary N) is 1. The second kappa shape index (κ2) is 8.34. The van der Waals surface area contributed by atoms with Gasteiger partial charge in [0.1, 0.15) is 5.75 Å². The summed E-state index contributed by atoms with van der Waals surface area (Å²) in [6.07, 6.45) is 0. The lowest BCUT2D eigenvalue weighted by Gasteiger charge is -2.21. The molecule has 1 aliphatic heterocycles. The maximum Gasteiger partial charge on any atom is 0.265 e. The Morgan fingerprint density at radius 1 is 1.00 bits per heavy atom. The number of ether oxygens (including phenoxy) is 1. The van der Waals surface area contributed by atoms with E-state index >= 15 is 0 Å². The van der Waals surface area contributed by atoms with E-state index in [1.54, 1.807) is 49.6 Å². The van der Waals surface area contributed by atoms with E-state index in [2.05, 4.69) is 5.32 Å². The van der Waals surface area contributed by atoms with Crippen LogP contribution >= 0.6 is 0 Å². The van der Waals surface area contributed by atoms with Crippen molar-refractivity contribution in [1.82, 2.24) is 0 Å². The van der Waals surface area contributed by atoms with Crippen molar-refractivity contribution in [3.8, 4) is 5.75 Å². The van der Waals surface area contributed by atoms with Crippen LogP contribution in [0.1, 0.15) is 38.8 Å². The molecule has 23 heavy (non-hydrogen) atoms. The number of benzene rings is 2. The number of hydrogen-bond acceptors (Lipinski definition) is 3. The van der Waals surface area contributed by atoms with Crippen molar-refractivity contribution in [2.45, 2.75) is 33.3 Å². The fourth-order valence-electron chi connectivity index (χ4n) is 2.36. The first-order valence-electron chi connectivity index (χ1n) is 7.94. The molecule has 0 saturated carbocycles. The maximum atomic E-state index is 12.2. The molecule has 0 fully saturated rings. The van der Waals surface area contributed by atoms with Gasteiger partial charge in [-0.1, -0.05) is 58.0 Å². The van der Waals surface area contributed by atoms with Gasteiger partial charge in [0.25, 0.3) is 5.91 Å². The summed E-state index contributed by atoms with van der Waals surface area (Å²) in [5.41, 5.74) is 0.00482. The van der Waals surface area contributed by atoms with E-state index in [0.29, 0.717) is 22.6 Å². The highest BCUT2D eigenvalue weighted by Gasteiger charge is 2.46. The zero-order valence-electron chi connectivity index (χ0n) is 14.4. The summed E-state index contributed by atoms with van der Waals surface area (Å²) in [5.74, 6) is 0.159. The number of methoxy groups -OCH3 is 1. The first kappa shape index (κ1) is 18.7. The van der Waals surface area contributed by atoms with Crippen LogP contribution in [0.4, 0.5) is 5.69 Å². The van der Waals surface area contributed by atoms with Crippen LogP contribution in [0, 0.1) is 0 Å². The third-order valence-electron chi connectivity index (χ3n) is 3.38. The monoisotopic (exact) mass is 315 g/mol. The van der Waals surface area contributed by atoms with Gasteiger partial charge < -0.3 is 15.2 Å². The Morgan fingerprint density at radius 2 is 1.61 bits per heavy atom. The summed E-state index contributed by atoms with van der Waals surface area (Å²) in [4.78, 5) is 12.2. The van der Waals surface area contributed by atoms with Gasteiger partial charge in [-0.05, 0) is 23.8 Å². The molecule has 0 radical (unpaired) electrons. The SMILES string of the molecule is CC.CC.COc1ccc2c(c1)C(O)(c1ccccc1)C(=O)N2. The molecule has 0 aliphatic carbocycles. The zero-order chi connectivity index (χ0) is 17.5. The molecule has 1 aliphatic rings. The molecule has 4 heteroatoms. The van der Waals surface area contributed by atoms with Crippen LogP contribution in [0.2, 0.25) is 0 Å². The van der Waals surface area contributed by atoms with Crippen LogP contribution in [0.5, 0.6) is 5.75 Å². The molecule has 3 rings (SSSR count). The third-order valence-corrected chi connectivity index (χ3v) is 3.38. The molecule has 1 heterocycles. The van der Waals surface area contributed by atoms with E-state index < -0.39 is 11.5 Å². The van der Waals surface area contributed by atoms with Gasteiger partial charge in [0.05, 0.1) is 7.11 Å². The Morgan fingerprint density at radius 3 is 2.17 bits per heavy atom. The van der Waals surface area contributed by atoms with Gasteiger partial charge in [-0.2, -0.15) is 0 Å². The molecule has 2 aromatic rings. The molecule has 1 unspecified atom stereocenters. The van der Waals surface area contributed by atoms with Gasteiger partial charge in [-0.15, -0.1) is 0 Å². The predicted octanol–water partition coefficient (Wildman–Crippen LogP) is 3.94. The van der Waals surface area contributed by atoms with Crippen molar-refractivity contribution in [3.63, 3.8) is 0 Å². The van der Waals surface area contributed by atoms with Crippen molar-refractivity contribution in [3.05, 3.63) is 59.7 Å². The van der Waals surface area contributed by atoms with Crippen LogP contribution < -0.4 is 10.1 Å². The van der Waals surface area contributed by atoms with E-state index in [-0.39, 0.29) is 0 Å². The summed E-state index contributed by atoms with van der Waals surface area (Å²) in [6, 6.07) is 14.0. The Balaban J connectivity index is 0.000000615. The minimum atomic E-state index is -1.66. The van der Waals surface area contributed by atoms with Crippen LogP contribution in [0.15, 0.2) is 48.5 Å². The minimum Gasteiger partial charge on any atom is -0.497 e. The largest absolute Gasteiger partial charge is 0.497 e. The summed E-state index contributed by atoms with van der Waals surface area (Å²) in [5, 5.41) is 13.5. The number of carbonyl (C=O) groups excluding carboxylic acids is 1. The number of anilines is 1. The topological polar surface area (TPSA) is 58.6 Å². The molecule has 2 aromatic carbocycles. The lowest BCUT2D eigenvalue weighted by atomic mass is 9.87. The standard InChI is InChI=1S/C15H13NO3.2C2H6/c1-19-11-7-8-13-12(9-11)15(18,14(17)16-13)10-5-3-2-4-6-10;2*1-2/h2-9,18H,1H3,(H,16,17);2*1-2H3. The molecule has 4 nitrogen and oxygen atoms in total. The summed E-state index contributed by atoms with van der Waals surface area (Å²) in [7, 11) is 1.55. The molecular weight excluding hydrogens is 290 g/mol. The Kier molecular flexibility index (Phi) is 6.79. The molecule has 0 aromatic heterocycles. The molecule has 0 saturated heterocycles. The molecular formula is C19H25NO3. The van der Waals surface area contributed by atoms with Crippen molar-refractivity contribution in [2.75, 3.05) is 12.4 Å². The van der Waals surface area contributed by atoms with Crippen LogP contribution in [-0.4, -0.2) is 18.1 Å². The Bertz CT molecular complexity index is 640. The fraction of sp³-hybridized carbons (Fsp3) is 0.316. The third kappa shape index (κ3) is 3.37. The lowest BCUT2D eigenvalue weighted by molar-refractivity contribution is -0.129. The first-order chi connectivity index (χ1) is 11.2. The number of rotatable bonds is 2. The number of amides is 1. The van der Waals surface area contributed by atoms with Gasteiger partial charge in [-0.3, -0.25) is 4.79 Å². The van der Waals surface area contributed by atoms with Crippen molar-refractivity contribution in [2.24, 2.45) is 0 Å². The normalized spacial score (nSPS) is 17.7. The summed E-state index contributed by atoms with van der Waals surface area (Å²) >= 11 is 0. The summed E-state index contributed by atoms with van der Waals surface area (Å²) < 4.78 is 5.15. The summed E-state index contributed by atoms with van der Waals surface area (Å²) in [6.45, 7) is 8.00. The Hall–Kier alpha value is -2.33. The van der Waals surface area contributed by atoms with Crippen LogP contribution in [0.3, 0.4) is 0 Å². The average molecular weight is 315 g/mol. The highest BCUT2D eigenvalue weighted by atomic mass is 16.5. The maximum absolute atomic E-state index is 12.2. The number of carbonyl (C=O) groups is 1. The van der Waals surface area contributed by atoms with E-state index in [1.165, 1.54) is 0 Å². The fourth-order valence-corrected chi connectivity index (χ4v) is 2.36. The van der Waals surface area contributed by atoms with Gasteiger partial charge in [0.15, 0.2) is 5.60 Å². The second-order valence-electron chi connectivity index (χ2n) is 4.44. The molecule has 0 bridgehead atoms. The van der Waals surface area contributed by atoms with E-state index in [1.807, 2.05) is 33.8 Å². The van der Waals surface area contributed by atoms with Gasteiger partial charge in [-0.25, -0.2) is 0 Å². The minimum absolute atomic E-state index is 0.443. The van der Waals surface area contributed by atoms with Crippen molar-refractivity contribution in [1.29, 1.82) is 0 Å².